The summed E-state index contributed by atoms with van der Waals surface area (Å²) in [6, 6.07) is -2.91. The second kappa shape index (κ2) is 16.6. The fraction of sp³-hybridized carbons (Fsp3) is 0.600. The Bertz CT molecular complexity index is 793. The molecule has 3 unspecified atom stereocenters. The summed E-state index contributed by atoms with van der Waals surface area (Å²) < 4.78 is 0. The Morgan fingerprint density at radius 3 is 2.69 bits per heavy atom. The predicted molar refractivity (Wildman–Crippen MR) is 133 cm³/mol. The van der Waals surface area contributed by atoms with Crippen LogP contribution in [0.4, 0.5) is 0 Å². The minimum absolute atomic E-state index is 0.104. The van der Waals surface area contributed by atoms with Gasteiger partial charge in [0.2, 0.25) is 23.6 Å². The van der Waals surface area contributed by atoms with Crippen LogP contribution < -0.4 is 21.3 Å². The van der Waals surface area contributed by atoms with Crippen LogP contribution >= 0.6 is 0 Å². The van der Waals surface area contributed by atoms with Crippen molar-refractivity contribution in [3.05, 3.63) is 36.5 Å². The molecule has 0 radical (unpaired) electrons. The number of hydrogen-bond donors (Lipinski definition) is 6. The van der Waals surface area contributed by atoms with Crippen molar-refractivity contribution in [1.82, 2.24) is 21.3 Å². The Morgan fingerprint density at radius 2 is 2.00 bits per heavy atom. The van der Waals surface area contributed by atoms with Crippen LogP contribution in [0.2, 0.25) is 0 Å². The molecule has 6 N–H and O–H groups in total. The van der Waals surface area contributed by atoms with Crippen LogP contribution in [0.15, 0.2) is 36.5 Å². The molecule has 0 fully saturated rings. The van der Waals surface area contributed by atoms with Gasteiger partial charge in [-0.25, -0.2) is 0 Å². The SMILES string of the molecule is CCCCC/C=C/C=C/C(=O)N[C@H](C(=O)NC1CC(O)CCNC(=O)/C=C/[C@H](C)NC1=O)C(C)O. The van der Waals surface area contributed by atoms with Gasteiger partial charge >= 0.3 is 0 Å². The standard InChI is InChI=1S/C25H40N4O6/c1-4-5-6-7-8-9-10-11-22(33)29-23(18(3)30)25(35)28-20-16-19(31)14-15-26-21(32)13-12-17(2)27-24(20)34/h8-13,17-20,23,30-31H,4-7,14-16H2,1-3H3,(H,26,32)(H,27,34)(H,28,35)(H,29,33)/b9-8+,11-10+,13-12+/t17-,18?,19?,20?,23-/m0/s1. The fourth-order valence-electron chi connectivity index (χ4n) is 3.35. The highest BCUT2D eigenvalue weighted by Crippen LogP contribution is 2.06. The van der Waals surface area contributed by atoms with Gasteiger partial charge < -0.3 is 31.5 Å². The van der Waals surface area contributed by atoms with E-state index >= 15 is 0 Å². The van der Waals surface area contributed by atoms with Crippen LogP contribution in [0.5, 0.6) is 0 Å². The van der Waals surface area contributed by atoms with Crippen LogP contribution in [0.1, 0.15) is 59.3 Å². The van der Waals surface area contributed by atoms with Gasteiger partial charge in [0, 0.05) is 31.2 Å². The van der Waals surface area contributed by atoms with Crippen molar-refractivity contribution >= 4 is 23.6 Å². The molecule has 0 spiro atoms. The molecule has 35 heavy (non-hydrogen) atoms. The molecule has 0 aromatic rings. The Labute approximate surface area is 207 Å². The maximum absolute atomic E-state index is 12.9. The molecule has 0 bridgehead atoms. The van der Waals surface area contributed by atoms with Gasteiger partial charge in [-0.2, -0.15) is 0 Å². The first-order valence-corrected chi connectivity index (χ1v) is 12.2. The van der Waals surface area contributed by atoms with E-state index in [0.29, 0.717) is 0 Å². The number of allylic oxidation sites excluding steroid dienone is 3. The van der Waals surface area contributed by atoms with Gasteiger partial charge in [-0.05, 0) is 33.1 Å². The topological polar surface area (TPSA) is 157 Å². The van der Waals surface area contributed by atoms with Crippen molar-refractivity contribution in [1.29, 1.82) is 0 Å². The minimum Gasteiger partial charge on any atom is -0.393 e. The summed E-state index contributed by atoms with van der Waals surface area (Å²) in [5.41, 5.74) is 0. The first-order valence-electron chi connectivity index (χ1n) is 12.2. The highest BCUT2D eigenvalue weighted by molar-refractivity contribution is 5.95. The van der Waals surface area contributed by atoms with Crippen molar-refractivity contribution in [3.8, 4) is 0 Å². The Hall–Kier alpha value is -2.98. The summed E-state index contributed by atoms with van der Waals surface area (Å²) in [6.45, 7) is 5.34. The zero-order chi connectivity index (χ0) is 26.2. The number of carbonyl (C=O) groups excluding carboxylic acids is 4. The summed E-state index contributed by atoms with van der Waals surface area (Å²) in [5, 5.41) is 30.6. The van der Waals surface area contributed by atoms with Gasteiger partial charge in [-0.3, -0.25) is 19.2 Å². The third kappa shape index (κ3) is 12.9. The smallest absolute Gasteiger partial charge is 0.245 e. The van der Waals surface area contributed by atoms with Gasteiger partial charge in [-0.1, -0.05) is 44.1 Å². The minimum atomic E-state index is -1.30. The Balaban J connectivity index is 2.81. The summed E-state index contributed by atoms with van der Waals surface area (Å²) in [5.74, 6) is -2.21. The van der Waals surface area contributed by atoms with Crippen LogP contribution in [0.25, 0.3) is 0 Å². The van der Waals surface area contributed by atoms with E-state index in [1.807, 2.05) is 6.08 Å². The van der Waals surface area contributed by atoms with E-state index in [2.05, 4.69) is 28.2 Å². The van der Waals surface area contributed by atoms with Crippen molar-refractivity contribution < 1.29 is 29.4 Å². The first kappa shape index (κ1) is 30.1. The molecule has 0 aliphatic carbocycles. The van der Waals surface area contributed by atoms with E-state index in [9.17, 15) is 29.4 Å². The average molecular weight is 493 g/mol. The molecule has 10 heteroatoms. The van der Waals surface area contributed by atoms with Crippen molar-refractivity contribution in [2.24, 2.45) is 0 Å². The molecule has 4 amide bonds. The monoisotopic (exact) mass is 492 g/mol. The number of rotatable bonds is 10. The molecule has 0 aromatic carbocycles. The molecule has 10 nitrogen and oxygen atoms in total. The quantitative estimate of drug-likeness (QED) is 0.147. The fourth-order valence-corrected chi connectivity index (χ4v) is 3.35. The predicted octanol–water partition coefficient (Wildman–Crippen LogP) is 0.361. The lowest BCUT2D eigenvalue weighted by molar-refractivity contribution is -0.134. The highest BCUT2D eigenvalue weighted by Gasteiger charge is 2.31. The molecule has 0 aromatic heterocycles. The van der Waals surface area contributed by atoms with Gasteiger partial charge in [0.25, 0.3) is 0 Å². The maximum Gasteiger partial charge on any atom is 0.245 e. The van der Waals surface area contributed by atoms with E-state index in [1.54, 1.807) is 19.1 Å². The number of amides is 4. The molecule has 1 aliphatic heterocycles. The lowest BCUT2D eigenvalue weighted by atomic mass is 10.0. The number of unbranched alkanes of at least 4 members (excludes halogenated alkanes) is 3. The van der Waals surface area contributed by atoms with Crippen molar-refractivity contribution in [2.75, 3.05) is 6.54 Å². The van der Waals surface area contributed by atoms with Crippen LogP contribution in [0.3, 0.4) is 0 Å². The van der Waals surface area contributed by atoms with E-state index in [4.69, 9.17) is 0 Å². The molecule has 1 aliphatic rings. The van der Waals surface area contributed by atoms with Crippen LogP contribution in [0, 0.1) is 0 Å². The Morgan fingerprint density at radius 1 is 1.26 bits per heavy atom. The molecular formula is C25H40N4O6. The molecule has 196 valence electrons. The number of nitrogens with one attached hydrogen (secondary N) is 4. The van der Waals surface area contributed by atoms with Gasteiger partial charge in [0.15, 0.2) is 0 Å². The van der Waals surface area contributed by atoms with E-state index < -0.39 is 48.1 Å². The second-order valence-corrected chi connectivity index (χ2v) is 8.70. The van der Waals surface area contributed by atoms with Crippen molar-refractivity contribution in [2.45, 2.75) is 89.6 Å². The molecule has 5 atom stereocenters. The number of aliphatic hydroxyl groups excluding tert-OH is 2. The lowest BCUT2D eigenvalue weighted by Gasteiger charge is -2.26. The molecule has 1 rings (SSSR count). The first-order chi connectivity index (χ1) is 16.6. The van der Waals surface area contributed by atoms with Crippen LogP contribution in [-0.4, -0.2) is 70.7 Å². The highest BCUT2D eigenvalue weighted by atomic mass is 16.3. The zero-order valence-corrected chi connectivity index (χ0v) is 20.8. The molecule has 1 heterocycles. The molecular weight excluding hydrogens is 452 g/mol. The Kier molecular flexibility index (Phi) is 14.3. The van der Waals surface area contributed by atoms with E-state index in [-0.39, 0.29) is 25.3 Å². The van der Waals surface area contributed by atoms with E-state index in [0.717, 1.165) is 25.7 Å². The van der Waals surface area contributed by atoms with E-state index in [1.165, 1.54) is 25.2 Å². The van der Waals surface area contributed by atoms with Gasteiger partial charge in [0.05, 0.1) is 12.2 Å². The summed E-state index contributed by atoms with van der Waals surface area (Å²) in [6.07, 6.45) is 11.4. The van der Waals surface area contributed by atoms with Gasteiger partial charge in [0.1, 0.15) is 12.1 Å². The van der Waals surface area contributed by atoms with Crippen LogP contribution in [-0.2, 0) is 19.2 Å². The summed E-state index contributed by atoms with van der Waals surface area (Å²) in [7, 11) is 0. The number of carbonyl (C=O) groups is 4. The maximum atomic E-state index is 12.9. The average Bonchev–Trinajstić information content (AvgIpc) is 2.79. The third-order valence-corrected chi connectivity index (χ3v) is 5.36. The lowest BCUT2D eigenvalue weighted by Crippen LogP contribution is -2.58. The number of hydrogen-bond acceptors (Lipinski definition) is 6. The molecule has 0 saturated heterocycles. The second-order valence-electron chi connectivity index (χ2n) is 8.70. The largest absolute Gasteiger partial charge is 0.393 e. The third-order valence-electron chi connectivity index (χ3n) is 5.36. The number of aliphatic hydroxyl groups is 2. The zero-order valence-electron chi connectivity index (χ0n) is 20.8. The summed E-state index contributed by atoms with van der Waals surface area (Å²) >= 11 is 0. The molecule has 0 saturated carbocycles. The normalized spacial score (nSPS) is 24.5. The van der Waals surface area contributed by atoms with Gasteiger partial charge in [-0.15, -0.1) is 0 Å². The van der Waals surface area contributed by atoms with Crippen molar-refractivity contribution in [3.63, 3.8) is 0 Å². The summed E-state index contributed by atoms with van der Waals surface area (Å²) in [4.78, 5) is 49.5.